The number of amides is 1. The van der Waals surface area contributed by atoms with E-state index in [2.05, 4.69) is 10.3 Å². The van der Waals surface area contributed by atoms with Gasteiger partial charge in [0, 0.05) is 17.0 Å². The van der Waals surface area contributed by atoms with Gasteiger partial charge in [0.05, 0.1) is 17.7 Å². The molecule has 0 bridgehead atoms. The first-order valence-corrected chi connectivity index (χ1v) is 10.6. The van der Waals surface area contributed by atoms with E-state index in [9.17, 15) is 4.79 Å². The molecule has 5 nitrogen and oxygen atoms in total. The van der Waals surface area contributed by atoms with Crippen molar-refractivity contribution in [2.45, 2.75) is 19.8 Å². The first-order valence-electron chi connectivity index (χ1n) is 10.2. The zero-order valence-corrected chi connectivity index (χ0v) is 18.0. The Morgan fingerprint density at radius 1 is 1.06 bits per heavy atom. The predicted octanol–water partition coefficient (Wildman–Crippen LogP) is 6.05. The Hall–Kier alpha value is -3.31. The van der Waals surface area contributed by atoms with E-state index in [1.165, 1.54) is 0 Å². The lowest BCUT2D eigenvalue weighted by atomic mass is 10.1. The highest BCUT2D eigenvalue weighted by atomic mass is 35.5. The van der Waals surface area contributed by atoms with E-state index in [-0.39, 0.29) is 5.91 Å². The van der Waals surface area contributed by atoms with Crippen LogP contribution in [0.25, 0.3) is 22.4 Å². The van der Waals surface area contributed by atoms with Crippen molar-refractivity contribution < 1.29 is 13.9 Å². The largest absolute Gasteiger partial charge is 0.494 e. The molecule has 4 aromatic rings. The van der Waals surface area contributed by atoms with Gasteiger partial charge in [-0.05, 0) is 68.3 Å². The van der Waals surface area contributed by atoms with Crippen LogP contribution >= 0.6 is 11.6 Å². The van der Waals surface area contributed by atoms with Gasteiger partial charge in [0.2, 0.25) is 0 Å². The molecule has 1 N–H and O–H groups in total. The summed E-state index contributed by atoms with van der Waals surface area (Å²) in [4.78, 5) is 17.6. The lowest BCUT2D eigenvalue weighted by molar-refractivity contribution is 0.0954. The highest BCUT2D eigenvalue weighted by Gasteiger charge is 2.15. The number of furan rings is 1. The number of fused-ring (bicyclic) bond motifs is 1. The summed E-state index contributed by atoms with van der Waals surface area (Å²) in [5.74, 6) is 2.12. The summed E-state index contributed by atoms with van der Waals surface area (Å²) < 4.78 is 11.4. The summed E-state index contributed by atoms with van der Waals surface area (Å²) in [5.41, 5.74) is 2.00. The highest BCUT2D eigenvalue weighted by molar-refractivity contribution is 6.30. The van der Waals surface area contributed by atoms with Gasteiger partial charge in [-0.25, -0.2) is 4.98 Å². The van der Waals surface area contributed by atoms with Crippen LogP contribution in [-0.2, 0) is 0 Å². The number of nitrogens with one attached hydrogen (secondary N) is 1. The van der Waals surface area contributed by atoms with Crippen LogP contribution in [0.5, 0.6) is 5.75 Å². The molecule has 4 rings (SSSR count). The quantitative estimate of drug-likeness (QED) is 0.343. The monoisotopic (exact) mass is 434 g/mol. The number of rotatable bonds is 8. The van der Waals surface area contributed by atoms with Crippen LogP contribution in [-0.4, -0.2) is 24.0 Å². The van der Waals surface area contributed by atoms with Crippen molar-refractivity contribution in [2.75, 3.05) is 13.2 Å². The number of para-hydroxylation sites is 1. The van der Waals surface area contributed by atoms with Gasteiger partial charge in [-0.3, -0.25) is 4.79 Å². The average molecular weight is 435 g/mol. The van der Waals surface area contributed by atoms with Crippen molar-refractivity contribution >= 4 is 28.4 Å². The number of ether oxygens (including phenoxy) is 1. The topological polar surface area (TPSA) is 64.4 Å². The Bertz CT molecular complexity index is 1190. The van der Waals surface area contributed by atoms with E-state index >= 15 is 0 Å². The van der Waals surface area contributed by atoms with Gasteiger partial charge < -0.3 is 14.5 Å². The van der Waals surface area contributed by atoms with Crippen molar-refractivity contribution in [1.82, 2.24) is 10.3 Å². The molecule has 158 valence electrons. The Morgan fingerprint density at radius 3 is 2.65 bits per heavy atom. The Morgan fingerprint density at radius 2 is 1.87 bits per heavy atom. The second-order valence-electron chi connectivity index (χ2n) is 7.25. The number of unbranched alkanes of at least 4 members (excludes halogenated alkanes) is 1. The molecule has 2 aromatic heterocycles. The number of carbonyl (C=O) groups is 1. The summed E-state index contributed by atoms with van der Waals surface area (Å²) in [7, 11) is 0. The van der Waals surface area contributed by atoms with Crippen molar-refractivity contribution in [3.63, 3.8) is 0 Å². The van der Waals surface area contributed by atoms with Crippen LogP contribution in [0.1, 0.15) is 29.0 Å². The summed E-state index contributed by atoms with van der Waals surface area (Å²) in [5, 5.41) is 4.51. The van der Waals surface area contributed by atoms with Crippen LogP contribution in [0.3, 0.4) is 0 Å². The van der Waals surface area contributed by atoms with Gasteiger partial charge in [0.1, 0.15) is 17.2 Å². The molecule has 31 heavy (non-hydrogen) atoms. The van der Waals surface area contributed by atoms with Gasteiger partial charge in [-0.15, -0.1) is 0 Å². The van der Waals surface area contributed by atoms with E-state index in [4.69, 9.17) is 20.8 Å². The maximum atomic E-state index is 12.9. The summed E-state index contributed by atoms with van der Waals surface area (Å²) in [6.07, 6.45) is 1.64. The number of pyridine rings is 1. The Balaban J connectivity index is 1.37. The third-order valence-electron chi connectivity index (χ3n) is 4.89. The van der Waals surface area contributed by atoms with Gasteiger partial charge in [-0.1, -0.05) is 29.8 Å². The molecule has 0 aliphatic rings. The second kappa shape index (κ2) is 9.67. The van der Waals surface area contributed by atoms with E-state index in [0.717, 1.165) is 35.3 Å². The SMILES string of the molecule is Cc1ccc(-c2cc(C(=O)NCCCCOc3ccc(Cl)cc3)c3ccccc3n2)o1. The Labute approximate surface area is 186 Å². The number of benzene rings is 2. The molecule has 0 aliphatic carbocycles. The molecule has 0 aliphatic heterocycles. The summed E-state index contributed by atoms with van der Waals surface area (Å²) in [6, 6.07) is 20.5. The van der Waals surface area contributed by atoms with Gasteiger partial charge in [0.15, 0.2) is 5.76 Å². The molecule has 0 saturated carbocycles. The van der Waals surface area contributed by atoms with Crippen molar-refractivity contribution in [2.24, 2.45) is 0 Å². The first kappa shape index (κ1) is 20.9. The average Bonchev–Trinajstić information content (AvgIpc) is 3.22. The molecule has 6 heteroatoms. The molecule has 0 saturated heterocycles. The molecule has 0 spiro atoms. The second-order valence-corrected chi connectivity index (χ2v) is 7.68. The number of hydrogen-bond acceptors (Lipinski definition) is 4. The molecule has 0 atom stereocenters. The Kier molecular flexibility index (Phi) is 6.53. The number of hydrogen-bond donors (Lipinski definition) is 1. The van der Waals surface area contributed by atoms with Crippen molar-refractivity contribution in [1.29, 1.82) is 0 Å². The molecular weight excluding hydrogens is 412 g/mol. The fraction of sp³-hybridized carbons (Fsp3) is 0.200. The molecular formula is C25H23ClN2O3. The minimum absolute atomic E-state index is 0.123. The molecule has 0 fully saturated rings. The lowest BCUT2D eigenvalue weighted by Gasteiger charge is -2.10. The number of aryl methyl sites for hydroxylation is 1. The fourth-order valence-corrected chi connectivity index (χ4v) is 3.43. The lowest BCUT2D eigenvalue weighted by Crippen LogP contribution is -2.25. The van der Waals surface area contributed by atoms with Crippen molar-refractivity contribution in [3.8, 4) is 17.2 Å². The van der Waals surface area contributed by atoms with E-state index in [0.29, 0.717) is 35.2 Å². The van der Waals surface area contributed by atoms with Crippen LogP contribution in [0.2, 0.25) is 5.02 Å². The fourth-order valence-electron chi connectivity index (χ4n) is 3.31. The van der Waals surface area contributed by atoms with Gasteiger partial charge in [0.25, 0.3) is 5.91 Å². The molecule has 2 aromatic carbocycles. The van der Waals surface area contributed by atoms with Gasteiger partial charge >= 0.3 is 0 Å². The van der Waals surface area contributed by atoms with E-state index < -0.39 is 0 Å². The van der Waals surface area contributed by atoms with Crippen molar-refractivity contribution in [3.05, 3.63) is 83.1 Å². The molecule has 2 heterocycles. The molecule has 0 unspecified atom stereocenters. The van der Waals surface area contributed by atoms with Crippen LogP contribution in [0, 0.1) is 6.92 Å². The van der Waals surface area contributed by atoms with E-state index in [1.54, 1.807) is 18.2 Å². The predicted molar refractivity (Wildman–Crippen MR) is 123 cm³/mol. The first-order chi connectivity index (χ1) is 15.1. The minimum Gasteiger partial charge on any atom is -0.494 e. The third-order valence-corrected chi connectivity index (χ3v) is 5.14. The summed E-state index contributed by atoms with van der Waals surface area (Å²) >= 11 is 5.87. The number of halogens is 1. The van der Waals surface area contributed by atoms with Crippen LogP contribution in [0.15, 0.2) is 71.1 Å². The zero-order valence-electron chi connectivity index (χ0n) is 17.2. The normalized spacial score (nSPS) is 10.9. The summed E-state index contributed by atoms with van der Waals surface area (Å²) in [6.45, 7) is 3.03. The number of carbonyl (C=O) groups excluding carboxylic acids is 1. The third kappa shape index (κ3) is 5.25. The maximum absolute atomic E-state index is 12.9. The number of aromatic nitrogens is 1. The highest BCUT2D eigenvalue weighted by Crippen LogP contribution is 2.26. The minimum atomic E-state index is -0.123. The number of nitrogens with zero attached hydrogens (tertiary/aromatic N) is 1. The van der Waals surface area contributed by atoms with E-state index in [1.807, 2.05) is 55.5 Å². The van der Waals surface area contributed by atoms with Gasteiger partial charge in [-0.2, -0.15) is 0 Å². The van der Waals surface area contributed by atoms with Crippen LogP contribution in [0.4, 0.5) is 0 Å². The maximum Gasteiger partial charge on any atom is 0.252 e. The standard InChI is InChI=1S/C25H23ClN2O3/c1-17-8-13-24(31-17)23-16-21(20-6-2-3-7-22(20)28-23)25(29)27-14-4-5-15-30-19-11-9-18(26)10-12-19/h2-3,6-13,16H,4-5,14-15H2,1H3,(H,27,29). The zero-order chi connectivity index (χ0) is 21.6. The molecule has 0 radical (unpaired) electrons. The molecule has 1 amide bonds. The smallest absolute Gasteiger partial charge is 0.252 e. The van der Waals surface area contributed by atoms with Crippen LogP contribution < -0.4 is 10.1 Å².